The van der Waals surface area contributed by atoms with Crippen LogP contribution in [0.5, 0.6) is 11.5 Å². The zero-order valence-electron chi connectivity index (χ0n) is 17.5. The Morgan fingerprint density at radius 3 is 2.52 bits per heavy atom. The lowest BCUT2D eigenvalue weighted by Gasteiger charge is -2.28. The molecule has 0 bridgehead atoms. The van der Waals surface area contributed by atoms with Crippen LogP contribution < -0.4 is 14.4 Å². The van der Waals surface area contributed by atoms with Crippen molar-refractivity contribution in [2.45, 2.75) is 0 Å². The third kappa shape index (κ3) is 4.22. The number of para-hydroxylation sites is 1. The second kappa shape index (κ2) is 9.32. The summed E-state index contributed by atoms with van der Waals surface area (Å²) in [5.74, 6) is 2.44. The van der Waals surface area contributed by atoms with Crippen molar-refractivity contribution in [3.05, 3.63) is 59.9 Å². The van der Waals surface area contributed by atoms with Crippen LogP contribution in [0.25, 0.3) is 17.3 Å². The Bertz CT molecular complexity index is 1110. The van der Waals surface area contributed by atoms with Gasteiger partial charge in [-0.15, -0.1) is 10.2 Å². The lowest BCUT2D eigenvalue weighted by atomic mass is 10.1. The summed E-state index contributed by atoms with van der Waals surface area (Å²) in [6.07, 6.45) is 1.74. The summed E-state index contributed by atoms with van der Waals surface area (Å²) in [5, 5.41) is 18.9. The van der Waals surface area contributed by atoms with E-state index in [4.69, 9.17) is 14.2 Å². The summed E-state index contributed by atoms with van der Waals surface area (Å²) in [7, 11) is 3.19. The van der Waals surface area contributed by atoms with Gasteiger partial charge in [-0.25, -0.2) is 0 Å². The number of aromatic nitrogens is 3. The van der Waals surface area contributed by atoms with Gasteiger partial charge in [-0.3, -0.25) is 4.57 Å². The quantitative estimate of drug-likeness (QED) is 0.570. The van der Waals surface area contributed by atoms with E-state index in [9.17, 15) is 5.26 Å². The number of nitriles is 1. The molecule has 8 heteroatoms. The molecule has 3 aromatic rings. The van der Waals surface area contributed by atoms with Crippen molar-refractivity contribution in [3.63, 3.8) is 0 Å². The molecule has 0 unspecified atom stereocenters. The topological polar surface area (TPSA) is 85.4 Å². The average Bonchev–Trinajstić information content (AvgIpc) is 3.28. The molecule has 1 aliphatic rings. The van der Waals surface area contributed by atoms with Crippen LogP contribution in [0, 0.1) is 11.3 Å². The molecular formula is C23H23N5O3. The van der Waals surface area contributed by atoms with Gasteiger partial charge >= 0.3 is 0 Å². The zero-order chi connectivity index (χ0) is 21.6. The molecule has 0 saturated carbocycles. The highest BCUT2D eigenvalue weighted by molar-refractivity contribution is 5.89. The van der Waals surface area contributed by atoms with E-state index in [2.05, 4.69) is 21.2 Å². The van der Waals surface area contributed by atoms with E-state index in [-0.39, 0.29) is 0 Å². The molecule has 2 aromatic carbocycles. The van der Waals surface area contributed by atoms with Crippen LogP contribution in [0.3, 0.4) is 0 Å². The van der Waals surface area contributed by atoms with Crippen molar-refractivity contribution >= 4 is 17.6 Å². The highest BCUT2D eigenvalue weighted by atomic mass is 16.5. The smallest absolute Gasteiger partial charge is 0.232 e. The number of morpholine rings is 1. The van der Waals surface area contributed by atoms with Gasteiger partial charge in [0.25, 0.3) is 0 Å². The maximum atomic E-state index is 10.0. The van der Waals surface area contributed by atoms with Crippen molar-refractivity contribution in [3.8, 4) is 23.3 Å². The molecule has 0 aliphatic carbocycles. The van der Waals surface area contributed by atoms with Crippen LogP contribution in [0.1, 0.15) is 11.4 Å². The normalized spacial score (nSPS) is 14.2. The lowest BCUT2D eigenvalue weighted by molar-refractivity contribution is 0.122. The number of hydrogen-bond donors (Lipinski definition) is 0. The average molecular weight is 417 g/mol. The summed E-state index contributed by atoms with van der Waals surface area (Å²) >= 11 is 0. The Hall–Kier alpha value is -3.83. The number of anilines is 1. The third-order valence-electron chi connectivity index (χ3n) is 5.05. The molecule has 1 fully saturated rings. The number of benzene rings is 2. The first kappa shape index (κ1) is 20.4. The van der Waals surface area contributed by atoms with Gasteiger partial charge in [0.05, 0.1) is 38.7 Å². The number of ether oxygens (including phenoxy) is 3. The first-order valence-corrected chi connectivity index (χ1v) is 9.93. The van der Waals surface area contributed by atoms with E-state index in [1.807, 2.05) is 47.0 Å². The van der Waals surface area contributed by atoms with Gasteiger partial charge in [-0.1, -0.05) is 18.2 Å². The summed E-state index contributed by atoms with van der Waals surface area (Å²) in [5.41, 5.74) is 1.96. The van der Waals surface area contributed by atoms with Crippen molar-refractivity contribution < 1.29 is 14.2 Å². The van der Waals surface area contributed by atoms with Crippen LogP contribution in [-0.4, -0.2) is 55.3 Å². The monoisotopic (exact) mass is 417 g/mol. The van der Waals surface area contributed by atoms with Gasteiger partial charge in [0.15, 0.2) is 5.82 Å². The molecule has 1 aliphatic heterocycles. The first-order chi connectivity index (χ1) is 15.2. The van der Waals surface area contributed by atoms with E-state index in [0.29, 0.717) is 60.7 Å². The predicted octanol–water partition coefficient (Wildman–Crippen LogP) is 3.19. The molecule has 4 rings (SSSR count). The minimum Gasteiger partial charge on any atom is -0.497 e. The third-order valence-corrected chi connectivity index (χ3v) is 5.05. The summed E-state index contributed by atoms with van der Waals surface area (Å²) in [4.78, 5) is 2.12. The van der Waals surface area contributed by atoms with E-state index in [1.165, 1.54) is 0 Å². The Balaban J connectivity index is 1.86. The molecule has 158 valence electrons. The minimum absolute atomic E-state index is 0.363. The van der Waals surface area contributed by atoms with E-state index < -0.39 is 0 Å². The number of methoxy groups -OCH3 is 2. The predicted molar refractivity (Wildman–Crippen MR) is 117 cm³/mol. The molecule has 1 aromatic heterocycles. The maximum Gasteiger partial charge on any atom is 0.232 e. The fourth-order valence-electron chi connectivity index (χ4n) is 3.49. The number of nitrogens with zero attached hydrogens (tertiary/aromatic N) is 5. The van der Waals surface area contributed by atoms with Crippen LogP contribution >= 0.6 is 0 Å². The number of allylic oxidation sites excluding steroid dienone is 1. The fraction of sp³-hybridized carbons (Fsp3) is 0.261. The highest BCUT2D eigenvalue weighted by Gasteiger charge is 2.23. The standard InChI is InChI=1S/C23H23N5O3/c1-29-20-8-9-21(30-2)17(15-20)14-18(16-24)22-25-26-23(27-10-12-31-13-11-27)28(22)19-6-4-3-5-7-19/h3-9,14-15H,10-13H2,1-2H3. The summed E-state index contributed by atoms with van der Waals surface area (Å²) in [6, 6.07) is 17.5. The zero-order valence-corrected chi connectivity index (χ0v) is 17.5. The molecule has 8 nitrogen and oxygen atoms in total. The molecule has 0 atom stereocenters. The van der Waals surface area contributed by atoms with Gasteiger partial charge in [0.1, 0.15) is 17.6 Å². The van der Waals surface area contributed by atoms with Gasteiger partial charge in [0, 0.05) is 18.7 Å². The van der Waals surface area contributed by atoms with E-state index in [1.54, 1.807) is 26.4 Å². The van der Waals surface area contributed by atoms with Gasteiger partial charge in [-0.2, -0.15) is 5.26 Å². The van der Waals surface area contributed by atoms with E-state index >= 15 is 0 Å². The van der Waals surface area contributed by atoms with Crippen LogP contribution in [-0.2, 0) is 4.74 Å². The van der Waals surface area contributed by atoms with Crippen LogP contribution in [0.4, 0.5) is 5.95 Å². The Morgan fingerprint density at radius 1 is 1.06 bits per heavy atom. The van der Waals surface area contributed by atoms with Crippen molar-refractivity contribution in [1.82, 2.24) is 14.8 Å². The van der Waals surface area contributed by atoms with Gasteiger partial charge in [0.2, 0.25) is 5.95 Å². The maximum absolute atomic E-state index is 10.0. The lowest BCUT2D eigenvalue weighted by Crippen LogP contribution is -2.38. The fourth-order valence-corrected chi connectivity index (χ4v) is 3.49. The number of rotatable bonds is 6. The molecule has 31 heavy (non-hydrogen) atoms. The van der Waals surface area contributed by atoms with Crippen LogP contribution in [0.2, 0.25) is 0 Å². The summed E-state index contributed by atoms with van der Waals surface area (Å²) in [6.45, 7) is 2.67. The molecule has 0 N–H and O–H groups in total. The molecular weight excluding hydrogens is 394 g/mol. The summed E-state index contributed by atoms with van der Waals surface area (Å²) < 4.78 is 18.2. The number of hydrogen-bond acceptors (Lipinski definition) is 7. The van der Waals surface area contributed by atoms with Gasteiger partial charge in [-0.05, 0) is 36.4 Å². The molecule has 0 spiro atoms. The second-order valence-corrected chi connectivity index (χ2v) is 6.87. The second-order valence-electron chi connectivity index (χ2n) is 6.87. The molecule has 0 radical (unpaired) electrons. The molecule has 1 saturated heterocycles. The molecule has 0 amide bonds. The SMILES string of the molecule is COc1ccc(OC)c(C=C(C#N)c2nnc(N3CCOCC3)n2-c2ccccc2)c1. The van der Waals surface area contributed by atoms with Crippen LogP contribution in [0.15, 0.2) is 48.5 Å². The highest BCUT2D eigenvalue weighted by Crippen LogP contribution is 2.30. The van der Waals surface area contributed by atoms with Crippen molar-refractivity contribution in [2.24, 2.45) is 0 Å². The Morgan fingerprint density at radius 2 is 1.84 bits per heavy atom. The Labute approximate surface area is 180 Å². The Kier molecular flexibility index (Phi) is 6.15. The van der Waals surface area contributed by atoms with Gasteiger partial charge < -0.3 is 19.1 Å². The largest absolute Gasteiger partial charge is 0.497 e. The van der Waals surface area contributed by atoms with Crippen molar-refractivity contribution in [1.29, 1.82) is 5.26 Å². The van der Waals surface area contributed by atoms with Crippen molar-refractivity contribution in [2.75, 3.05) is 45.4 Å². The van der Waals surface area contributed by atoms with E-state index in [0.717, 1.165) is 5.69 Å². The minimum atomic E-state index is 0.363. The first-order valence-electron chi connectivity index (χ1n) is 9.93. The molecule has 2 heterocycles.